The van der Waals surface area contributed by atoms with Crippen LogP contribution in [-0.4, -0.2) is 35.7 Å². The van der Waals surface area contributed by atoms with Crippen LogP contribution in [0.15, 0.2) is 17.0 Å². The van der Waals surface area contributed by atoms with Crippen LogP contribution in [-0.2, 0) is 11.2 Å². The number of ether oxygens (including phenoxy) is 1. The van der Waals surface area contributed by atoms with E-state index in [2.05, 4.69) is 4.98 Å². The molecule has 0 aromatic carbocycles. The first-order valence-electron chi connectivity index (χ1n) is 4.04. The first-order valence-corrected chi connectivity index (χ1v) is 4.04. The van der Waals surface area contributed by atoms with Gasteiger partial charge in [0.1, 0.15) is 12.4 Å². The van der Waals surface area contributed by atoms with Crippen LogP contribution in [0.3, 0.4) is 0 Å². The Hall–Kier alpha value is -1.52. The van der Waals surface area contributed by atoms with E-state index in [9.17, 15) is 4.79 Å². The van der Waals surface area contributed by atoms with Crippen molar-refractivity contribution in [2.75, 3.05) is 13.7 Å². The van der Waals surface area contributed by atoms with Crippen molar-refractivity contribution in [3.8, 4) is 0 Å². The lowest BCUT2D eigenvalue weighted by molar-refractivity contribution is 0.163. The molecule has 1 aliphatic heterocycles. The van der Waals surface area contributed by atoms with Gasteiger partial charge in [-0.2, -0.15) is 0 Å². The van der Waals surface area contributed by atoms with Gasteiger partial charge in [0.25, 0.3) is 0 Å². The van der Waals surface area contributed by atoms with Crippen molar-refractivity contribution in [1.29, 1.82) is 0 Å². The minimum atomic E-state index is -0.274. The van der Waals surface area contributed by atoms with E-state index in [0.29, 0.717) is 13.0 Å². The second-order valence-electron chi connectivity index (χ2n) is 3.01. The fourth-order valence-corrected chi connectivity index (χ4v) is 1.30. The van der Waals surface area contributed by atoms with Crippen molar-refractivity contribution in [2.24, 2.45) is 0 Å². The number of amides is 1. The highest BCUT2D eigenvalue weighted by Crippen LogP contribution is 2.14. The van der Waals surface area contributed by atoms with E-state index >= 15 is 0 Å². The van der Waals surface area contributed by atoms with Gasteiger partial charge in [-0.1, -0.05) is 0 Å². The number of oxazole rings is 1. The zero-order valence-electron chi connectivity index (χ0n) is 7.27. The molecule has 5 heteroatoms. The summed E-state index contributed by atoms with van der Waals surface area (Å²) >= 11 is 0. The summed E-state index contributed by atoms with van der Waals surface area (Å²) in [5.74, 6) is 0.773. The Morgan fingerprint density at radius 3 is 3.15 bits per heavy atom. The molecule has 1 fully saturated rings. The number of cyclic esters (lactones) is 1. The summed E-state index contributed by atoms with van der Waals surface area (Å²) in [7, 11) is 1.72. The summed E-state index contributed by atoms with van der Waals surface area (Å²) in [6.45, 7) is 0.427. The van der Waals surface area contributed by atoms with Gasteiger partial charge >= 0.3 is 6.09 Å². The summed E-state index contributed by atoms with van der Waals surface area (Å²) < 4.78 is 9.93. The third-order valence-corrected chi connectivity index (χ3v) is 2.16. The van der Waals surface area contributed by atoms with Crippen LogP contribution in [0.4, 0.5) is 4.79 Å². The minimum absolute atomic E-state index is 0.0699. The molecule has 0 N–H and O–H groups in total. The molecule has 2 rings (SSSR count). The Bertz CT molecular complexity index is 296. The number of likely N-dealkylation sites (N-methyl/N-ethyl adjacent to an activating group) is 1. The van der Waals surface area contributed by atoms with Crippen molar-refractivity contribution in [3.05, 3.63) is 18.4 Å². The first kappa shape index (κ1) is 8.10. The molecule has 5 nitrogen and oxygen atoms in total. The maximum absolute atomic E-state index is 11.0. The van der Waals surface area contributed by atoms with Gasteiger partial charge < -0.3 is 14.1 Å². The van der Waals surface area contributed by atoms with Crippen LogP contribution in [0.5, 0.6) is 0 Å². The van der Waals surface area contributed by atoms with Crippen molar-refractivity contribution < 1.29 is 13.9 Å². The largest absolute Gasteiger partial charge is 0.448 e. The maximum atomic E-state index is 11.0. The molecule has 1 unspecified atom stereocenters. The Morgan fingerprint density at radius 1 is 1.77 bits per heavy atom. The average Bonchev–Trinajstić information content (AvgIpc) is 2.71. The average molecular weight is 182 g/mol. The first-order chi connectivity index (χ1) is 6.27. The lowest BCUT2D eigenvalue weighted by Gasteiger charge is -2.13. The fraction of sp³-hybridized carbons (Fsp3) is 0.500. The summed E-state index contributed by atoms with van der Waals surface area (Å²) in [6.07, 6.45) is 3.41. The molecule has 1 saturated heterocycles. The lowest BCUT2D eigenvalue weighted by Crippen LogP contribution is -2.30. The number of rotatable bonds is 2. The number of aromatic nitrogens is 1. The van der Waals surface area contributed by atoms with Crippen LogP contribution in [0, 0.1) is 0 Å². The van der Waals surface area contributed by atoms with Crippen molar-refractivity contribution >= 4 is 6.09 Å². The van der Waals surface area contributed by atoms with Gasteiger partial charge in [-0.25, -0.2) is 9.78 Å². The molecule has 13 heavy (non-hydrogen) atoms. The monoisotopic (exact) mass is 182 g/mol. The van der Waals surface area contributed by atoms with E-state index in [-0.39, 0.29) is 12.1 Å². The Kier molecular flexibility index (Phi) is 1.92. The predicted octanol–water partition coefficient (Wildman–Crippen LogP) is 0.668. The molecule has 0 aliphatic carbocycles. The molecular formula is C8H10N2O3. The maximum Gasteiger partial charge on any atom is 0.409 e. The van der Waals surface area contributed by atoms with Gasteiger partial charge in [0.05, 0.1) is 12.2 Å². The minimum Gasteiger partial charge on any atom is -0.448 e. The SMILES string of the molecule is CN1C(=O)OCC1Cc1cnco1. The van der Waals surface area contributed by atoms with Crippen molar-refractivity contribution in [2.45, 2.75) is 12.5 Å². The van der Waals surface area contributed by atoms with Gasteiger partial charge in [0.2, 0.25) is 0 Å². The third kappa shape index (κ3) is 1.49. The quantitative estimate of drug-likeness (QED) is 0.674. The molecule has 0 saturated carbocycles. The van der Waals surface area contributed by atoms with Gasteiger partial charge in [-0.15, -0.1) is 0 Å². The van der Waals surface area contributed by atoms with E-state index < -0.39 is 0 Å². The summed E-state index contributed by atoms with van der Waals surface area (Å²) in [6, 6.07) is 0.0699. The molecule has 1 aromatic rings. The molecule has 1 aromatic heterocycles. The fourth-order valence-electron chi connectivity index (χ4n) is 1.30. The second kappa shape index (κ2) is 3.08. The second-order valence-corrected chi connectivity index (χ2v) is 3.01. The Labute approximate surface area is 75.3 Å². The number of carbonyl (C=O) groups is 1. The molecular weight excluding hydrogens is 172 g/mol. The van der Waals surface area contributed by atoms with Crippen LogP contribution < -0.4 is 0 Å². The lowest BCUT2D eigenvalue weighted by atomic mass is 10.2. The third-order valence-electron chi connectivity index (χ3n) is 2.16. The number of nitrogens with zero attached hydrogens (tertiary/aromatic N) is 2. The number of carbonyl (C=O) groups excluding carboxylic acids is 1. The normalized spacial score (nSPS) is 22.1. The number of hydrogen-bond acceptors (Lipinski definition) is 4. The highest BCUT2D eigenvalue weighted by atomic mass is 16.6. The summed E-state index contributed by atoms with van der Waals surface area (Å²) in [4.78, 5) is 16.3. The van der Waals surface area contributed by atoms with Crippen LogP contribution in [0.1, 0.15) is 5.76 Å². The molecule has 1 amide bonds. The van der Waals surface area contributed by atoms with E-state index in [1.165, 1.54) is 6.39 Å². The molecule has 2 heterocycles. The van der Waals surface area contributed by atoms with Gasteiger partial charge in [-0.3, -0.25) is 0 Å². The van der Waals surface area contributed by atoms with Crippen molar-refractivity contribution in [3.63, 3.8) is 0 Å². The molecule has 0 spiro atoms. The van der Waals surface area contributed by atoms with E-state index in [4.69, 9.17) is 9.15 Å². The smallest absolute Gasteiger partial charge is 0.409 e. The molecule has 1 atom stereocenters. The molecule has 1 aliphatic rings. The topological polar surface area (TPSA) is 55.6 Å². The van der Waals surface area contributed by atoms with Crippen LogP contribution >= 0.6 is 0 Å². The Balaban J connectivity index is 2.00. The highest BCUT2D eigenvalue weighted by molar-refractivity contribution is 5.69. The van der Waals surface area contributed by atoms with Gasteiger partial charge in [0.15, 0.2) is 6.39 Å². The molecule has 0 bridgehead atoms. The van der Waals surface area contributed by atoms with Gasteiger partial charge in [-0.05, 0) is 0 Å². The Morgan fingerprint density at radius 2 is 2.62 bits per heavy atom. The summed E-state index contributed by atoms with van der Waals surface area (Å²) in [5.41, 5.74) is 0. The van der Waals surface area contributed by atoms with Crippen molar-refractivity contribution in [1.82, 2.24) is 9.88 Å². The van der Waals surface area contributed by atoms with Crippen LogP contribution in [0.25, 0.3) is 0 Å². The molecule has 0 radical (unpaired) electrons. The van der Waals surface area contributed by atoms with Crippen LogP contribution in [0.2, 0.25) is 0 Å². The van der Waals surface area contributed by atoms with E-state index in [0.717, 1.165) is 5.76 Å². The highest BCUT2D eigenvalue weighted by Gasteiger charge is 2.30. The zero-order valence-corrected chi connectivity index (χ0v) is 7.27. The molecule has 70 valence electrons. The zero-order chi connectivity index (χ0) is 9.26. The number of hydrogen-bond donors (Lipinski definition) is 0. The predicted molar refractivity (Wildman–Crippen MR) is 43.1 cm³/mol. The standard InChI is InChI=1S/C8H10N2O3/c1-10-6(4-12-8(10)11)2-7-3-9-5-13-7/h3,5-6H,2,4H2,1H3. The van der Waals surface area contributed by atoms with E-state index in [1.54, 1.807) is 18.1 Å². The van der Waals surface area contributed by atoms with Gasteiger partial charge in [0, 0.05) is 13.5 Å². The van der Waals surface area contributed by atoms with E-state index in [1.807, 2.05) is 0 Å². The summed E-state index contributed by atoms with van der Waals surface area (Å²) in [5, 5.41) is 0.